The van der Waals surface area contributed by atoms with Gasteiger partial charge in [0.2, 0.25) is 5.91 Å². The van der Waals surface area contributed by atoms with E-state index >= 15 is 0 Å². The average molecular weight is 371 g/mol. The monoisotopic (exact) mass is 371 g/mol. The molecule has 140 valence electrons. The van der Waals surface area contributed by atoms with Crippen molar-refractivity contribution in [2.24, 2.45) is 5.73 Å². The molecule has 0 radical (unpaired) electrons. The van der Waals surface area contributed by atoms with Crippen LogP contribution in [0.25, 0.3) is 0 Å². The van der Waals surface area contributed by atoms with Gasteiger partial charge in [0.05, 0.1) is 0 Å². The summed E-state index contributed by atoms with van der Waals surface area (Å²) in [6, 6.07) is 24.9. The molecule has 0 saturated heterocycles. The largest absolute Gasteiger partial charge is 0.366 e. The maximum Gasteiger partial charge on any atom is 0.248 e. The number of ketones is 2. The van der Waals surface area contributed by atoms with Gasteiger partial charge in [0.15, 0.2) is 11.6 Å². The second kappa shape index (κ2) is 8.91. The van der Waals surface area contributed by atoms with E-state index < -0.39 is 5.91 Å². The first-order valence-corrected chi connectivity index (χ1v) is 9.11. The van der Waals surface area contributed by atoms with Crippen molar-refractivity contribution in [3.8, 4) is 0 Å². The normalized spacial score (nSPS) is 10.6. The van der Waals surface area contributed by atoms with E-state index in [1.54, 1.807) is 48.5 Å². The first-order valence-electron chi connectivity index (χ1n) is 9.11. The van der Waals surface area contributed by atoms with Gasteiger partial charge in [-0.05, 0) is 23.6 Å². The van der Waals surface area contributed by atoms with Crippen LogP contribution in [-0.2, 0) is 0 Å². The summed E-state index contributed by atoms with van der Waals surface area (Å²) in [6.45, 7) is 0. The van der Waals surface area contributed by atoms with E-state index in [9.17, 15) is 14.4 Å². The van der Waals surface area contributed by atoms with Crippen LogP contribution in [0.1, 0.15) is 55.4 Å². The first kappa shape index (κ1) is 19.2. The molecule has 0 aliphatic carbocycles. The number of carbonyl (C=O) groups is 3. The summed E-state index contributed by atoms with van der Waals surface area (Å²) in [5.41, 5.74) is 7.77. The lowest BCUT2D eigenvalue weighted by atomic mass is 9.86. The molecule has 0 atom stereocenters. The lowest BCUT2D eigenvalue weighted by Gasteiger charge is -2.17. The molecule has 0 aliphatic heterocycles. The molecule has 0 bridgehead atoms. The average Bonchev–Trinajstić information content (AvgIpc) is 2.74. The van der Waals surface area contributed by atoms with Gasteiger partial charge in [0, 0.05) is 29.5 Å². The number of rotatable bonds is 8. The molecule has 0 heterocycles. The highest BCUT2D eigenvalue weighted by molar-refractivity contribution is 5.99. The van der Waals surface area contributed by atoms with E-state index in [1.165, 1.54) is 0 Å². The van der Waals surface area contributed by atoms with E-state index in [2.05, 4.69) is 0 Å². The van der Waals surface area contributed by atoms with Crippen molar-refractivity contribution in [3.05, 3.63) is 107 Å². The Balaban J connectivity index is 1.85. The fourth-order valence-electron chi connectivity index (χ4n) is 3.16. The minimum absolute atomic E-state index is 0.0227. The van der Waals surface area contributed by atoms with Crippen molar-refractivity contribution in [1.82, 2.24) is 0 Å². The Bertz CT molecular complexity index is 910. The van der Waals surface area contributed by atoms with Crippen LogP contribution in [-0.4, -0.2) is 17.5 Å². The molecule has 4 heteroatoms. The molecule has 0 fully saturated rings. The number of amides is 1. The van der Waals surface area contributed by atoms with Crippen LogP contribution >= 0.6 is 0 Å². The molecule has 1 amide bonds. The first-order chi connectivity index (χ1) is 13.5. The Morgan fingerprint density at radius 3 is 1.43 bits per heavy atom. The summed E-state index contributed by atoms with van der Waals surface area (Å²) in [7, 11) is 0. The number of primary amides is 1. The van der Waals surface area contributed by atoms with Gasteiger partial charge in [-0.15, -0.1) is 0 Å². The van der Waals surface area contributed by atoms with Crippen molar-refractivity contribution < 1.29 is 14.4 Å². The van der Waals surface area contributed by atoms with E-state index in [4.69, 9.17) is 5.73 Å². The van der Waals surface area contributed by atoms with Gasteiger partial charge < -0.3 is 5.73 Å². The molecule has 3 aromatic carbocycles. The van der Waals surface area contributed by atoms with Crippen LogP contribution in [0.4, 0.5) is 0 Å². The highest BCUT2D eigenvalue weighted by atomic mass is 16.1. The van der Waals surface area contributed by atoms with Crippen LogP contribution in [0.5, 0.6) is 0 Å². The number of hydrogen-bond donors (Lipinski definition) is 1. The van der Waals surface area contributed by atoms with Gasteiger partial charge in [-0.1, -0.05) is 72.8 Å². The lowest BCUT2D eigenvalue weighted by Crippen LogP contribution is -2.14. The van der Waals surface area contributed by atoms with Crippen molar-refractivity contribution in [1.29, 1.82) is 0 Å². The standard InChI is InChI=1S/C24H21NO3/c25-24(28)20-13-11-17(12-14-20)21(15-22(26)18-7-3-1-4-8-18)16-23(27)19-9-5-2-6-10-19/h1-14,21H,15-16H2,(H2,25,28). The Hall–Kier alpha value is -3.53. The van der Waals surface area contributed by atoms with Gasteiger partial charge in [-0.2, -0.15) is 0 Å². The predicted molar refractivity (Wildman–Crippen MR) is 108 cm³/mol. The Morgan fingerprint density at radius 2 is 1.04 bits per heavy atom. The van der Waals surface area contributed by atoms with Crippen LogP contribution in [0.2, 0.25) is 0 Å². The summed E-state index contributed by atoms with van der Waals surface area (Å²) in [5.74, 6) is -0.845. The van der Waals surface area contributed by atoms with Crippen LogP contribution < -0.4 is 5.73 Å². The van der Waals surface area contributed by atoms with E-state index in [-0.39, 0.29) is 30.3 Å². The fraction of sp³-hybridized carbons (Fsp3) is 0.125. The molecule has 0 spiro atoms. The molecule has 3 rings (SSSR count). The predicted octanol–water partition coefficient (Wildman–Crippen LogP) is 4.42. The fourth-order valence-corrected chi connectivity index (χ4v) is 3.16. The topological polar surface area (TPSA) is 77.2 Å². The summed E-state index contributed by atoms with van der Waals surface area (Å²) >= 11 is 0. The number of carbonyl (C=O) groups excluding carboxylic acids is 3. The molecule has 0 saturated carbocycles. The molecular weight excluding hydrogens is 350 g/mol. The van der Waals surface area contributed by atoms with Crippen molar-refractivity contribution in [2.45, 2.75) is 18.8 Å². The minimum Gasteiger partial charge on any atom is -0.366 e. The Morgan fingerprint density at radius 1 is 0.607 bits per heavy atom. The molecule has 28 heavy (non-hydrogen) atoms. The maximum absolute atomic E-state index is 12.7. The molecule has 2 N–H and O–H groups in total. The minimum atomic E-state index is -0.510. The summed E-state index contributed by atoms with van der Waals surface area (Å²) in [5, 5.41) is 0. The van der Waals surface area contributed by atoms with Crippen LogP contribution in [0.3, 0.4) is 0 Å². The van der Waals surface area contributed by atoms with Gasteiger partial charge in [-0.25, -0.2) is 0 Å². The highest BCUT2D eigenvalue weighted by Gasteiger charge is 2.21. The second-order valence-corrected chi connectivity index (χ2v) is 6.67. The summed E-state index contributed by atoms with van der Waals surface area (Å²) in [6.07, 6.45) is 0.414. The molecule has 3 aromatic rings. The molecule has 0 aliphatic rings. The molecular formula is C24H21NO3. The summed E-state index contributed by atoms with van der Waals surface area (Å²) in [4.78, 5) is 36.8. The smallest absolute Gasteiger partial charge is 0.248 e. The quantitative estimate of drug-likeness (QED) is 0.596. The van der Waals surface area contributed by atoms with Crippen molar-refractivity contribution >= 4 is 17.5 Å². The Kier molecular flexibility index (Phi) is 6.12. The van der Waals surface area contributed by atoms with Gasteiger partial charge >= 0.3 is 0 Å². The van der Waals surface area contributed by atoms with Gasteiger partial charge in [-0.3, -0.25) is 14.4 Å². The van der Waals surface area contributed by atoms with Crippen molar-refractivity contribution in [2.75, 3.05) is 0 Å². The highest BCUT2D eigenvalue weighted by Crippen LogP contribution is 2.27. The zero-order chi connectivity index (χ0) is 19.9. The zero-order valence-electron chi connectivity index (χ0n) is 15.4. The number of nitrogens with two attached hydrogens (primary N) is 1. The molecule has 0 unspecified atom stereocenters. The second-order valence-electron chi connectivity index (χ2n) is 6.67. The third kappa shape index (κ3) is 4.80. The molecule has 4 nitrogen and oxygen atoms in total. The summed E-state index contributed by atoms with van der Waals surface area (Å²) < 4.78 is 0. The third-order valence-corrected chi connectivity index (χ3v) is 4.72. The van der Waals surface area contributed by atoms with Gasteiger partial charge in [0.25, 0.3) is 0 Å². The number of Topliss-reactive ketones (excluding diaryl/α,β-unsaturated/α-hetero) is 2. The van der Waals surface area contributed by atoms with Gasteiger partial charge in [0.1, 0.15) is 0 Å². The van der Waals surface area contributed by atoms with Crippen molar-refractivity contribution in [3.63, 3.8) is 0 Å². The maximum atomic E-state index is 12.7. The molecule has 0 aromatic heterocycles. The van der Waals surface area contributed by atoms with E-state index in [0.717, 1.165) is 5.56 Å². The van der Waals surface area contributed by atoms with Crippen LogP contribution in [0, 0.1) is 0 Å². The van der Waals surface area contributed by atoms with E-state index in [0.29, 0.717) is 16.7 Å². The third-order valence-electron chi connectivity index (χ3n) is 4.72. The zero-order valence-corrected chi connectivity index (χ0v) is 15.4. The van der Waals surface area contributed by atoms with Crippen LogP contribution in [0.15, 0.2) is 84.9 Å². The SMILES string of the molecule is NC(=O)c1ccc(C(CC(=O)c2ccccc2)CC(=O)c2ccccc2)cc1. The number of hydrogen-bond acceptors (Lipinski definition) is 3. The lowest BCUT2D eigenvalue weighted by molar-refractivity contribution is 0.0941. The van der Waals surface area contributed by atoms with E-state index in [1.807, 2.05) is 36.4 Å². The number of benzene rings is 3. The Labute approximate surface area is 164 Å².